The molecule has 4 nitrogen and oxygen atoms in total. The molecule has 5 heteroatoms. The molecule has 0 amide bonds. The summed E-state index contributed by atoms with van der Waals surface area (Å²) in [4.78, 5) is 10.3. The number of aryl methyl sites for hydroxylation is 1. The lowest BCUT2D eigenvalue weighted by molar-refractivity contribution is -0.384. The van der Waals surface area contributed by atoms with Crippen LogP contribution in [0.4, 0.5) is 11.4 Å². The Morgan fingerprint density at radius 2 is 2.05 bits per heavy atom. The van der Waals surface area contributed by atoms with Crippen molar-refractivity contribution in [3.63, 3.8) is 0 Å². The van der Waals surface area contributed by atoms with Crippen molar-refractivity contribution in [1.29, 1.82) is 0 Å². The fraction of sp³-hybridized carbons (Fsp3) is 0.200. The summed E-state index contributed by atoms with van der Waals surface area (Å²) in [6, 6.07) is 13.3. The highest BCUT2D eigenvalue weighted by atomic mass is 127. The van der Waals surface area contributed by atoms with Crippen LogP contribution in [-0.4, -0.2) is 11.5 Å². The van der Waals surface area contributed by atoms with Crippen molar-refractivity contribution in [1.82, 2.24) is 0 Å². The first kappa shape index (κ1) is 14.8. The van der Waals surface area contributed by atoms with Gasteiger partial charge in [0.1, 0.15) is 0 Å². The lowest BCUT2D eigenvalue weighted by Gasteiger charge is -2.09. The molecule has 0 fully saturated rings. The Balaban J connectivity index is 1.96. The van der Waals surface area contributed by atoms with Gasteiger partial charge in [0.25, 0.3) is 5.69 Å². The first-order valence-corrected chi connectivity index (χ1v) is 7.37. The molecule has 0 aliphatic heterocycles. The molecule has 0 saturated heterocycles. The number of benzene rings is 2. The van der Waals surface area contributed by atoms with Crippen LogP contribution in [0.5, 0.6) is 0 Å². The minimum absolute atomic E-state index is 0.124. The van der Waals surface area contributed by atoms with Crippen LogP contribution in [0.15, 0.2) is 42.5 Å². The molecule has 0 bridgehead atoms. The van der Waals surface area contributed by atoms with E-state index in [0.717, 1.165) is 22.2 Å². The van der Waals surface area contributed by atoms with E-state index in [0.29, 0.717) is 0 Å². The number of halogens is 1. The number of nitro groups is 1. The normalized spacial score (nSPS) is 10.3. The molecular formula is C15H15IN2O2. The number of nitrogens with one attached hydrogen (secondary N) is 1. The average molecular weight is 382 g/mol. The van der Waals surface area contributed by atoms with E-state index < -0.39 is 0 Å². The number of anilines is 1. The molecule has 1 N–H and O–H groups in total. The Labute approximate surface area is 131 Å². The van der Waals surface area contributed by atoms with E-state index in [2.05, 4.69) is 59.1 Å². The number of nitrogens with zero attached hydrogens (tertiary/aromatic N) is 1. The van der Waals surface area contributed by atoms with Gasteiger partial charge in [-0.05, 0) is 47.6 Å². The number of hydrogen-bond donors (Lipinski definition) is 1. The average Bonchev–Trinajstić information content (AvgIpc) is 2.40. The second-order valence-electron chi connectivity index (χ2n) is 4.59. The van der Waals surface area contributed by atoms with Crippen molar-refractivity contribution in [2.45, 2.75) is 13.3 Å². The maximum atomic E-state index is 10.7. The predicted octanol–water partition coefficient (Wildman–Crippen LogP) is 4.16. The highest BCUT2D eigenvalue weighted by Gasteiger charge is 2.08. The summed E-state index contributed by atoms with van der Waals surface area (Å²) in [7, 11) is 0. The second kappa shape index (κ2) is 6.69. The molecule has 20 heavy (non-hydrogen) atoms. The molecule has 2 aromatic rings. The summed E-state index contributed by atoms with van der Waals surface area (Å²) < 4.78 is 0.862. The molecule has 0 spiro atoms. The van der Waals surface area contributed by atoms with E-state index in [4.69, 9.17) is 0 Å². The molecule has 0 heterocycles. The first-order valence-electron chi connectivity index (χ1n) is 6.29. The van der Waals surface area contributed by atoms with Crippen LogP contribution in [0, 0.1) is 20.6 Å². The van der Waals surface area contributed by atoms with Gasteiger partial charge in [0.2, 0.25) is 0 Å². The molecule has 0 aliphatic carbocycles. The van der Waals surface area contributed by atoms with Crippen LogP contribution in [0.1, 0.15) is 11.1 Å². The molecule has 0 atom stereocenters. The van der Waals surface area contributed by atoms with Gasteiger partial charge in [-0.15, -0.1) is 0 Å². The molecule has 2 rings (SSSR count). The van der Waals surface area contributed by atoms with Gasteiger partial charge >= 0.3 is 0 Å². The summed E-state index contributed by atoms with van der Waals surface area (Å²) in [6.45, 7) is 2.88. The van der Waals surface area contributed by atoms with Crippen LogP contribution in [0.25, 0.3) is 0 Å². The predicted molar refractivity (Wildman–Crippen MR) is 89.2 cm³/mol. The van der Waals surface area contributed by atoms with Crippen LogP contribution < -0.4 is 5.32 Å². The molecule has 0 aliphatic rings. The molecule has 0 aromatic heterocycles. The largest absolute Gasteiger partial charge is 0.384 e. The maximum Gasteiger partial charge on any atom is 0.270 e. The fourth-order valence-corrected chi connectivity index (χ4v) is 2.66. The van der Waals surface area contributed by atoms with Crippen molar-refractivity contribution in [2.24, 2.45) is 0 Å². The molecule has 2 aromatic carbocycles. The van der Waals surface area contributed by atoms with Crippen molar-refractivity contribution in [3.8, 4) is 0 Å². The van der Waals surface area contributed by atoms with E-state index in [1.165, 1.54) is 17.2 Å². The SMILES string of the molecule is Cc1cccc(CCNc2ccc([N+](=O)[O-])cc2I)c1. The fourth-order valence-electron chi connectivity index (χ4n) is 1.97. The van der Waals surface area contributed by atoms with Crippen molar-refractivity contribution >= 4 is 34.0 Å². The van der Waals surface area contributed by atoms with E-state index in [9.17, 15) is 10.1 Å². The van der Waals surface area contributed by atoms with Gasteiger partial charge < -0.3 is 5.32 Å². The van der Waals surface area contributed by atoms with E-state index in [1.807, 2.05) is 0 Å². The monoisotopic (exact) mass is 382 g/mol. The second-order valence-corrected chi connectivity index (χ2v) is 5.75. The lowest BCUT2D eigenvalue weighted by Crippen LogP contribution is -2.06. The minimum atomic E-state index is -0.376. The van der Waals surface area contributed by atoms with Gasteiger partial charge in [0, 0.05) is 27.9 Å². The highest BCUT2D eigenvalue weighted by Crippen LogP contribution is 2.23. The molecule has 0 unspecified atom stereocenters. The summed E-state index contributed by atoms with van der Waals surface area (Å²) in [5.74, 6) is 0. The van der Waals surface area contributed by atoms with E-state index in [-0.39, 0.29) is 10.6 Å². The third-order valence-electron chi connectivity index (χ3n) is 2.98. The van der Waals surface area contributed by atoms with Crippen LogP contribution in [0.2, 0.25) is 0 Å². The van der Waals surface area contributed by atoms with Gasteiger partial charge in [0.15, 0.2) is 0 Å². The Morgan fingerprint density at radius 3 is 2.70 bits per heavy atom. The van der Waals surface area contributed by atoms with E-state index in [1.54, 1.807) is 12.1 Å². The summed E-state index contributed by atoms with van der Waals surface area (Å²) >= 11 is 2.11. The number of rotatable bonds is 5. The zero-order valence-electron chi connectivity index (χ0n) is 11.1. The van der Waals surface area contributed by atoms with Crippen molar-refractivity contribution in [2.75, 3.05) is 11.9 Å². The highest BCUT2D eigenvalue weighted by molar-refractivity contribution is 14.1. The number of hydrogen-bond acceptors (Lipinski definition) is 3. The Kier molecular flexibility index (Phi) is 4.94. The molecule has 104 valence electrons. The van der Waals surface area contributed by atoms with Crippen molar-refractivity contribution in [3.05, 3.63) is 67.3 Å². The quantitative estimate of drug-likeness (QED) is 0.480. The number of nitro benzene ring substituents is 1. The van der Waals surface area contributed by atoms with Crippen LogP contribution in [0.3, 0.4) is 0 Å². The molecule has 0 radical (unpaired) electrons. The minimum Gasteiger partial charge on any atom is -0.384 e. The van der Waals surface area contributed by atoms with Crippen LogP contribution >= 0.6 is 22.6 Å². The van der Waals surface area contributed by atoms with Crippen LogP contribution in [-0.2, 0) is 6.42 Å². The summed E-state index contributed by atoms with van der Waals surface area (Å²) in [6.07, 6.45) is 0.925. The Morgan fingerprint density at radius 1 is 1.25 bits per heavy atom. The zero-order valence-corrected chi connectivity index (χ0v) is 13.3. The molecular weight excluding hydrogens is 367 g/mol. The van der Waals surface area contributed by atoms with E-state index >= 15 is 0 Å². The molecule has 0 saturated carbocycles. The van der Waals surface area contributed by atoms with Gasteiger partial charge in [-0.2, -0.15) is 0 Å². The first-order chi connectivity index (χ1) is 9.56. The zero-order chi connectivity index (χ0) is 14.5. The van der Waals surface area contributed by atoms with Crippen molar-refractivity contribution < 1.29 is 4.92 Å². The van der Waals surface area contributed by atoms with Gasteiger partial charge in [-0.1, -0.05) is 29.8 Å². The van der Waals surface area contributed by atoms with Gasteiger partial charge in [-0.25, -0.2) is 0 Å². The number of non-ortho nitro benzene ring substituents is 1. The standard InChI is InChI=1S/C15H15IN2O2/c1-11-3-2-4-12(9-11)7-8-17-15-6-5-13(18(19)20)10-14(15)16/h2-6,9-10,17H,7-8H2,1H3. The third kappa shape index (κ3) is 3.93. The summed E-state index contributed by atoms with van der Waals surface area (Å²) in [5, 5.41) is 14.0. The maximum absolute atomic E-state index is 10.7. The lowest BCUT2D eigenvalue weighted by atomic mass is 10.1. The van der Waals surface area contributed by atoms with Gasteiger partial charge in [-0.3, -0.25) is 10.1 Å². The summed E-state index contributed by atoms with van der Waals surface area (Å²) in [5.41, 5.74) is 3.60. The smallest absolute Gasteiger partial charge is 0.270 e. The topological polar surface area (TPSA) is 55.2 Å². The van der Waals surface area contributed by atoms with Gasteiger partial charge in [0.05, 0.1) is 4.92 Å². The Hall–Kier alpha value is -1.63. The third-order valence-corrected chi connectivity index (χ3v) is 3.87. The Bertz CT molecular complexity index is 629.